The molecule has 1 atom stereocenters. The maximum Gasteiger partial charge on any atom is 0.268 e. The Morgan fingerprint density at radius 1 is 1.50 bits per heavy atom. The van der Waals surface area contributed by atoms with E-state index in [2.05, 4.69) is 22.0 Å². The Labute approximate surface area is 121 Å². The summed E-state index contributed by atoms with van der Waals surface area (Å²) in [7, 11) is 0. The quantitative estimate of drug-likeness (QED) is 0.931. The van der Waals surface area contributed by atoms with Crippen LogP contribution in [0, 0.1) is 0 Å². The highest BCUT2D eigenvalue weighted by molar-refractivity contribution is 7.19. The third-order valence-corrected chi connectivity index (χ3v) is 4.16. The Morgan fingerprint density at radius 3 is 3.15 bits per heavy atom. The highest BCUT2D eigenvalue weighted by atomic mass is 32.1. The number of nitrogen functional groups attached to an aromatic ring is 1. The first-order valence-corrected chi connectivity index (χ1v) is 7.61. The molecule has 0 radical (unpaired) electrons. The van der Waals surface area contributed by atoms with Crippen molar-refractivity contribution in [1.29, 1.82) is 0 Å². The molecule has 1 unspecified atom stereocenters. The topological polar surface area (TPSA) is 77.4 Å². The summed E-state index contributed by atoms with van der Waals surface area (Å²) in [5, 5.41) is 4.79. The summed E-state index contributed by atoms with van der Waals surface area (Å²) >= 11 is 1.44. The van der Waals surface area contributed by atoms with Gasteiger partial charge < -0.3 is 15.0 Å². The molecule has 0 aliphatic carbocycles. The minimum absolute atomic E-state index is 0.106. The maximum atomic E-state index is 5.75. The van der Waals surface area contributed by atoms with Crippen molar-refractivity contribution in [1.82, 2.24) is 15.0 Å². The molecule has 3 heterocycles. The molecular formula is C13H18N4O2S. The van der Waals surface area contributed by atoms with Crippen LogP contribution in [-0.2, 0) is 4.74 Å². The van der Waals surface area contributed by atoms with Crippen LogP contribution in [0.3, 0.4) is 0 Å². The first-order chi connectivity index (χ1) is 9.76. The summed E-state index contributed by atoms with van der Waals surface area (Å²) in [5.74, 6) is 1.13. The lowest BCUT2D eigenvalue weighted by molar-refractivity contribution is -0.0350. The molecule has 1 fully saturated rings. The van der Waals surface area contributed by atoms with Gasteiger partial charge in [0.1, 0.15) is 6.10 Å². The fourth-order valence-corrected chi connectivity index (χ4v) is 3.01. The highest BCUT2D eigenvalue weighted by Crippen LogP contribution is 2.29. The molecule has 0 bridgehead atoms. The Bertz CT molecular complexity index is 566. The van der Waals surface area contributed by atoms with Gasteiger partial charge in [-0.25, -0.2) is 0 Å². The zero-order valence-electron chi connectivity index (χ0n) is 11.4. The Morgan fingerprint density at radius 2 is 2.40 bits per heavy atom. The summed E-state index contributed by atoms with van der Waals surface area (Å²) in [5.41, 5.74) is 5.71. The molecule has 0 amide bonds. The van der Waals surface area contributed by atoms with Gasteiger partial charge >= 0.3 is 0 Å². The third-order valence-electron chi connectivity index (χ3n) is 3.26. The predicted octanol–water partition coefficient (Wildman–Crippen LogP) is 2.16. The Hall–Kier alpha value is -1.44. The minimum Gasteiger partial charge on any atom is -0.391 e. The van der Waals surface area contributed by atoms with E-state index in [1.807, 2.05) is 12.1 Å². The van der Waals surface area contributed by atoms with Crippen LogP contribution >= 0.6 is 11.3 Å². The lowest BCUT2D eigenvalue weighted by atomic mass is 10.2. The molecule has 20 heavy (non-hydrogen) atoms. The number of hydrogen-bond donors (Lipinski definition) is 1. The summed E-state index contributed by atoms with van der Waals surface area (Å²) in [6.45, 7) is 5.75. The van der Waals surface area contributed by atoms with Gasteiger partial charge in [0.05, 0.1) is 16.5 Å². The van der Waals surface area contributed by atoms with Crippen molar-refractivity contribution < 1.29 is 9.26 Å². The van der Waals surface area contributed by atoms with Crippen LogP contribution in [0.5, 0.6) is 0 Å². The second-order valence-electron chi connectivity index (χ2n) is 4.82. The first-order valence-electron chi connectivity index (χ1n) is 6.79. The number of hydrogen-bond acceptors (Lipinski definition) is 7. The van der Waals surface area contributed by atoms with Gasteiger partial charge in [0.15, 0.2) is 0 Å². The fourth-order valence-electron chi connectivity index (χ4n) is 2.31. The fraction of sp³-hybridized carbons (Fsp3) is 0.538. The number of ether oxygens (including phenoxy) is 1. The van der Waals surface area contributed by atoms with Crippen molar-refractivity contribution in [2.45, 2.75) is 19.4 Å². The normalized spacial score (nSPS) is 20.4. The molecule has 6 nitrogen and oxygen atoms in total. The van der Waals surface area contributed by atoms with E-state index in [1.165, 1.54) is 11.3 Å². The van der Waals surface area contributed by atoms with Crippen molar-refractivity contribution in [3.63, 3.8) is 0 Å². The molecule has 2 N–H and O–H groups in total. The lowest BCUT2D eigenvalue weighted by Crippen LogP contribution is -2.39. The van der Waals surface area contributed by atoms with Gasteiger partial charge in [0.2, 0.25) is 5.82 Å². The predicted molar refractivity (Wildman–Crippen MR) is 77.4 cm³/mol. The number of nitrogens with zero attached hydrogens (tertiary/aromatic N) is 3. The maximum absolute atomic E-state index is 5.75. The van der Waals surface area contributed by atoms with Crippen LogP contribution < -0.4 is 5.73 Å². The second kappa shape index (κ2) is 5.90. The van der Waals surface area contributed by atoms with Gasteiger partial charge in [-0.15, -0.1) is 11.3 Å². The van der Waals surface area contributed by atoms with Crippen molar-refractivity contribution >= 4 is 16.3 Å². The van der Waals surface area contributed by atoms with E-state index in [0.29, 0.717) is 18.3 Å². The molecule has 2 aromatic rings. The van der Waals surface area contributed by atoms with E-state index < -0.39 is 0 Å². The van der Waals surface area contributed by atoms with E-state index in [-0.39, 0.29) is 6.10 Å². The van der Waals surface area contributed by atoms with Gasteiger partial charge in [0.25, 0.3) is 5.89 Å². The molecule has 7 heteroatoms. The van der Waals surface area contributed by atoms with Crippen LogP contribution in [0.1, 0.15) is 25.3 Å². The lowest BCUT2D eigenvalue weighted by Gasteiger charge is -2.30. The molecule has 1 aliphatic rings. The molecule has 1 aliphatic heterocycles. The van der Waals surface area contributed by atoms with Gasteiger partial charge in [-0.2, -0.15) is 4.98 Å². The number of thiophene rings is 1. The molecule has 3 rings (SSSR count). The third kappa shape index (κ3) is 2.84. The molecule has 0 saturated carbocycles. The summed E-state index contributed by atoms with van der Waals surface area (Å²) in [4.78, 5) is 7.70. The molecule has 0 aromatic carbocycles. The summed E-state index contributed by atoms with van der Waals surface area (Å²) in [6, 6.07) is 3.73. The molecular weight excluding hydrogens is 276 g/mol. The number of morpholine rings is 1. The number of anilines is 1. The van der Waals surface area contributed by atoms with Crippen molar-refractivity contribution in [2.24, 2.45) is 0 Å². The zero-order valence-corrected chi connectivity index (χ0v) is 12.2. The smallest absolute Gasteiger partial charge is 0.268 e. The van der Waals surface area contributed by atoms with Crippen molar-refractivity contribution in [3.05, 3.63) is 18.0 Å². The van der Waals surface area contributed by atoms with E-state index in [9.17, 15) is 0 Å². The van der Waals surface area contributed by atoms with Crippen molar-refractivity contribution in [3.8, 4) is 10.8 Å². The van der Waals surface area contributed by atoms with Gasteiger partial charge in [-0.1, -0.05) is 12.1 Å². The average Bonchev–Trinajstić information content (AvgIpc) is 3.08. The van der Waals surface area contributed by atoms with Crippen LogP contribution in [0.2, 0.25) is 0 Å². The second-order valence-corrected chi connectivity index (χ2v) is 5.94. The monoisotopic (exact) mass is 294 g/mol. The Balaban J connectivity index is 1.73. The molecule has 1 saturated heterocycles. The van der Waals surface area contributed by atoms with Crippen LogP contribution in [0.15, 0.2) is 16.7 Å². The number of nitrogens with two attached hydrogens (primary N) is 1. The Kier molecular flexibility index (Phi) is 4.00. The van der Waals surface area contributed by atoms with Crippen LogP contribution in [0.4, 0.5) is 5.00 Å². The van der Waals surface area contributed by atoms with Gasteiger partial charge in [0, 0.05) is 13.1 Å². The van der Waals surface area contributed by atoms with Crippen LogP contribution in [0.25, 0.3) is 10.8 Å². The molecule has 2 aromatic heterocycles. The standard InChI is InChI=1S/C13H18N4O2S/c1-2-5-17-6-7-18-9(8-17)12-15-13(19-16-12)10-3-4-11(14)20-10/h3-4,9H,2,5-8,14H2,1H3. The zero-order chi connectivity index (χ0) is 13.9. The van der Waals surface area contributed by atoms with Gasteiger partial charge in [-0.05, 0) is 25.1 Å². The van der Waals surface area contributed by atoms with E-state index in [0.717, 1.165) is 35.9 Å². The first kappa shape index (κ1) is 13.5. The minimum atomic E-state index is -0.106. The average molecular weight is 294 g/mol. The number of aromatic nitrogens is 2. The molecule has 108 valence electrons. The summed E-state index contributed by atoms with van der Waals surface area (Å²) < 4.78 is 11.1. The summed E-state index contributed by atoms with van der Waals surface area (Å²) in [6.07, 6.45) is 1.03. The number of rotatable bonds is 4. The van der Waals surface area contributed by atoms with Crippen molar-refractivity contribution in [2.75, 3.05) is 32.0 Å². The molecule has 0 spiro atoms. The van der Waals surface area contributed by atoms with E-state index >= 15 is 0 Å². The van der Waals surface area contributed by atoms with Crippen LogP contribution in [-0.4, -0.2) is 41.3 Å². The van der Waals surface area contributed by atoms with Gasteiger partial charge in [-0.3, -0.25) is 4.90 Å². The highest BCUT2D eigenvalue weighted by Gasteiger charge is 2.26. The SMILES string of the molecule is CCCN1CCOC(c2noc(-c3ccc(N)s3)n2)C1. The largest absolute Gasteiger partial charge is 0.391 e. The van der Waals surface area contributed by atoms with E-state index in [1.54, 1.807) is 0 Å². The van der Waals surface area contributed by atoms with E-state index in [4.69, 9.17) is 15.0 Å².